The number of furan rings is 1. The fourth-order valence-electron chi connectivity index (χ4n) is 3.26. The SMILES string of the molecule is C/C(=C\c1ccccc1)[C@H]1CC(=O)Nc2c1cnn2Cc1ccco1. The highest BCUT2D eigenvalue weighted by Crippen LogP contribution is 2.37. The van der Waals surface area contributed by atoms with E-state index in [1.165, 1.54) is 0 Å². The van der Waals surface area contributed by atoms with Gasteiger partial charge in [0, 0.05) is 17.9 Å². The predicted molar refractivity (Wildman–Crippen MR) is 96.1 cm³/mol. The first kappa shape index (κ1) is 15.4. The number of anilines is 1. The summed E-state index contributed by atoms with van der Waals surface area (Å²) in [4.78, 5) is 12.2. The third-order valence-corrected chi connectivity index (χ3v) is 4.52. The van der Waals surface area contributed by atoms with E-state index in [4.69, 9.17) is 4.42 Å². The molecule has 0 unspecified atom stereocenters. The largest absolute Gasteiger partial charge is 0.467 e. The van der Waals surface area contributed by atoms with Crippen LogP contribution in [0.1, 0.15) is 36.1 Å². The molecule has 0 fully saturated rings. The number of hydrogen-bond acceptors (Lipinski definition) is 3. The van der Waals surface area contributed by atoms with Crippen LogP contribution in [0.25, 0.3) is 6.08 Å². The van der Waals surface area contributed by atoms with E-state index in [1.807, 2.05) is 36.5 Å². The molecular weight excluding hydrogens is 314 g/mol. The Labute approximate surface area is 146 Å². The molecule has 5 nitrogen and oxygen atoms in total. The van der Waals surface area contributed by atoms with Crippen molar-refractivity contribution < 1.29 is 9.21 Å². The Hall–Kier alpha value is -3.08. The molecule has 1 aliphatic rings. The molecule has 0 aliphatic carbocycles. The molecule has 1 amide bonds. The molecule has 25 heavy (non-hydrogen) atoms. The summed E-state index contributed by atoms with van der Waals surface area (Å²) in [5.41, 5.74) is 3.34. The van der Waals surface area contributed by atoms with Gasteiger partial charge in [-0.2, -0.15) is 5.10 Å². The molecule has 0 saturated heterocycles. The van der Waals surface area contributed by atoms with Crippen molar-refractivity contribution in [2.45, 2.75) is 25.8 Å². The lowest BCUT2D eigenvalue weighted by Crippen LogP contribution is -2.25. The Balaban J connectivity index is 1.67. The van der Waals surface area contributed by atoms with Crippen molar-refractivity contribution in [2.75, 3.05) is 5.32 Å². The summed E-state index contributed by atoms with van der Waals surface area (Å²) in [6, 6.07) is 13.9. The molecule has 0 radical (unpaired) electrons. The Morgan fingerprint density at radius 1 is 1.32 bits per heavy atom. The van der Waals surface area contributed by atoms with E-state index < -0.39 is 0 Å². The smallest absolute Gasteiger partial charge is 0.226 e. The van der Waals surface area contributed by atoms with Gasteiger partial charge in [-0.25, -0.2) is 4.68 Å². The zero-order chi connectivity index (χ0) is 17.2. The van der Waals surface area contributed by atoms with Crippen LogP contribution >= 0.6 is 0 Å². The second-order valence-corrected chi connectivity index (χ2v) is 6.29. The van der Waals surface area contributed by atoms with Crippen LogP contribution in [0.4, 0.5) is 5.82 Å². The summed E-state index contributed by atoms with van der Waals surface area (Å²) in [5, 5.41) is 7.42. The van der Waals surface area contributed by atoms with Crippen molar-refractivity contribution in [3.8, 4) is 0 Å². The van der Waals surface area contributed by atoms with Crippen LogP contribution in [-0.4, -0.2) is 15.7 Å². The van der Waals surface area contributed by atoms with Gasteiger partial charge in [0.2, 0.25) is 5.91 Å². The summed E-state index contributed by atoms with van der Waals surface area (Å²) in [5.74, 6) is 1.62. The molecule has 1 atom stereocenters. The van der Waals surface area contributed by atoms with Gasteiger partial charge in [-0.05, 0) is 24.6 Å². The summed E-state index contributed by atoms with van der Waals surface area (Å²) >= 11 is 0. The molecule has 1 aliphatic heterocycles. The highest BCUT2D eigenvalue weighted by Gasteiger charge is 2.29. The van der Waals surface area contributed by atoms with Gasteiger partial charge in [0.1, 0.15) is 18.1 Å². The number of aromatic nitrogens is 2. The minimum absolute atomic E-state index is 0.0134. The lowest BCUT2D eigenvalue weighted by Gasteiger charge is -2.24. The van der Waals surface area contributed by atoms with Crippen LogP contribution in [-0.2, 0) is 11.3 Å². The molecule has 1 aromatic carbocycles. The Morgan fingerprint density at radius 2 is 2.16 bits per heavy atom. The van der Waals surface area contributed by atoms with E-state index in [1.54, 1.807) is 10.9 Å². The fourth-order valence-corrected chi connectivity index (χ4v) is 3.26. The Bertz CT molecular complexity index is 908. The molecule has 3 aromatic rings. The van der Waals surface area contributed by atoms with E-state index in [2.05, 4.69) is 35.5 Å². The standard InChI is InChI=1S/C20H19N3O2/c1-14(10-15-6-3-2-4-7-15)17-11-19(24)22-20-18(17)12-21-23(20)13-16-8-5-9-25-16/h2-10,12,17H,11,13H2,1H3,(H,22,24)/b14-10+/t17-/m1/s1. The van der Waals surface area contributed by atoms with Crippen molar-refractivity contribution in [2.24, 2.45) is 0 Å². The minimum atomic E-state index is 0.0134. The third-order valence-electron chi connectivity index (χ3n) is 4.52. The first-order chi connectivity index (χ1) is 12.2. The van der Waals surface area contributed by atoms with Crippen LogP contribution in [0.15, 0.2) is 64.9 Å². The van der Waals surface area contributed by atoms with Crippen LogP contribution in [0, 0.1) is 0 Å². The van der Waals surface area contributed by atoms with Gasteiger partial charge in [0.25, 0.3) is 0 Å². The van der Waals surface area contributed by atoms with Gasteiger partial charge in [0.05, 0.1) is 12.5 Å². The average molecular weight is 333 g/mol. The normalized spacial score (nSPS) is 17.2. The van der Waals surface area contributed by atoms with Crippen LogP contribution in [0.3, 0.4) is 0 Å². The first-order valence-electron chi connectivity index (χ1n) is 8.32. The molecule has 126 valence electrons. The second kappa shape index (κ2) is 6.43. The molecule has 5 heteroatoms. The Kier molecular flexibility index (Phi) is 3.98. The average Bonchev–Trinajstić information content (AvgIpc) is 3.26. The number of rotatable bonds is 4. The van der Waals surface area contributed by atoms with Crippen molar-refractivity contribution >= 4 is 17.8 Å². The van der Waals surface area contributed by atoms with Gasteiger partial charge in [-0.3, -0.25) is 4.79 Å². The molecule has 2 aromatic heterocycles. The molecule has 4 rings (SSSR count). The predicted octanol–water partition coefficient (Wildman–Crippen LogP) is 4.05. The molecule has 0 spiro atoms. The Morgan fingerprint density at radius 3 is 2.92 bits per heavy atom. The van der Waals surface area contributed by atoms with Gasteiger partial charge >= 0.3 is 0 Å². The van der Waals surface area contributed by atoms with Gasteiger partial charge in [-0.15, -0.1) is 0 Å². The quantitative estimate of drug-likeness (QED) is 0.783. The molecular formula is C20H19N3O2. The maximum Gasteiger partial charge on any atom is 0.226 e. The lowest BCUT2D eigenvalue weighted by atomic mass is 9.87. The van der Waals surface area contributed by atoms with E-state index in [-0.39, 0.29) is 11.8 Å². The number of carbonyl (C=O) groups excluding carboxylic acids is 1. The summed E-state index contributed by atoms with van der Waals surface area (Å²) in [7, 11) is 0. The van der Waals surface area contributed by atoms with Crippen LogP contribution in [0.2, 0.25) is 0 Å². The fraction of sp³-hybridized carbons (Fsp3) is 0.200. The lowest BCUT2D eigenvalue weighted by molar-refractivity contribution is -0.116. The zero-order valence-electron chi connectivity index (χ0n) is 14.0. The maximum absolute atomic E-state index is 12.2. The van der Waals surface area contributed by atoms with Gasteiger partial charge in [-0.1, -0.05) is 42.0 Å². The topological polar surface area (TPSA) is 60.1 Å². The highest BCUT2D eigenvalue weighted by atomic mass is 16.3. The zero-order valence-corrected chi connectivity index (χ0v) is 14.0. The third kappa shape index (κ3) is 3.13. The summed E-state index contributed by atoms with van der Waals surface area (Å²) < 4.78 is 7.18. The number of carbonyl (C=O) groups is 1. The molecule has 1 N–H and O–H groups in total. The number of amides is 1. The van der Waals surface area contributed by atoms with E-state index in [0.29, 0.717) is 13.0 Å². The number of benzene rings is 1. The highest BCUT2D eigenvalue weighted by molar-refractivity contribution is 5.94. The molecule has 0 saturated carbocycles. The number of allylic oxidation sites excluding steroid dienone is 1. The summed E-state index contributed by atoms with van der Waals surface area (Å²) in [6.07, 6.45) is 6.07. The van der Waals surface area contributed by atoms with Crippen molar-refractivity contribution in [3.63, 3.8) is 0 Å². The first-order valence-corrected chi connectivity index (χ1v) is 8.32. The number of fused-ring (bicyclic) bond motifs is 1. The molecule has 0 bridgehead atoms. The number of nitrogens with one attached hydrogen (secondary N) is 1. The monoisotopic (exact) mass is 333 g/mol. The van der Waals surface area contributed by atoms with Crippen LogP contribution < -0.4 is 5.32 Å². The van der Waals surface area contributed by atoms with Crippen molar-refractivity contribution in [1.29, 1.82) is 0 Å². The maximum atomic E-state index is 12.2. The van der Waals surface area contributed by atoms with E-state index >= 15 is 0 Å². The number of nitrogens with zero attached hydrogens (tertiary/aromatic N) is 2. The van der Waals surface area contributed by atoms with Crippen molar-refractivity contribution in [1.82, 2.24) is 9.78 Å². The van der Waals surface area contributed by atoms with Gasteiger partial charge < -0.3 is 9.73 Å². The second-order valence-electron chi connectivity index (χ2n) is 6.29. The minimum Gasteiger partial charge on any atom is -0.467 e. The number of hydrogen-bond donors (Lipinski definition) is 1. The van der Waals surface area contributed by atoms with Crippen molar-refractivity contribution in [3.05, 3.63) is 77.4 Å². The van der Waals surface area contributed by atoms with Gasteiger partial charge in [0.15, 0.2) is 0 Å². The molecule has 3 heterocycles. The summed E-state index contributed by atoms with van der Waals surface area (Å²) in [6.45, 7) is 2.57. The van der Waals surface area contributed by atoms with Crippen LogP contribution in [0.5, 0.6) is 0 Å². The van der Waals surface area contributed by atoms with E-state index in [0.717, 1.165) is 28.3 Å². The van der Waals surface area contributed by atoms with E-state index in [9.17, 15) is 4.79 Å².